The number of nitrogens with two attached hydrogens (primary N) is 1. The molecule has 3 N–H and O–H groups in total. The Morgan fingerprint density at radius 3 is 2.35 bits per heavy atom. The Balaban J connectivity index is 2.36. The van der Waals surface area contributed by atoms with Crippen molar-refractivity contribution in [2.45, 2.75) is 21.6 Å². The largest absolute Gasteiger partial charge is 0.398 e. The second kappa shape index (κ2) is 5.87. The molecule has 0 atom stereocenters. The lowest BCUT2D eigenvalue weighted by atomic mass is 10.2. The summed E-state index contributed by atoms with van der Waals surface area (Å²) in [6.07, 6.45) is 0. The van der Waals surface area contributed by atoms with Gasteiger partial charge >= 0.3 is 0 Å². The highest BCUT2D eigenvalue weighted by Crippen LogP contribution is 2.33. The maximum absolute atomic E-state index is 11.8. The maximum atomic E-state index is 11.8. The predicted molar refractivity (Wildman–Crippen MR) is 82.4 cm³/mol. The molecule has 2 aromatic carbocycles. The standard InChI is InChI=1S/C14H16N2O2S2/c1-10-3-5-11(6-4-10)19-14-9-12(7-8-13(14)15)20(17,18)16-2/h3-9,16H,15H2,1-2H3. The second-order valence-corrected chi connectivity index (χ2v) is 7.32. The van der Waals surface area contributed by atoms with Crippen LogP contribution in [0, 0.1) is 6.92 Å². The van der Waals surface area contributed by atoms with Crippen molar-refractivity contribution in [3.8, 4) is 0 Å². The fraction of sp³-hybridized carbons (Fsp3) is 0.143. The lowest BCUT2D eigenvalue weighted by molar-refractivity contribution is 0.588. The zero-order valence-corrected chi connectivity index (χ0v) is 12.9. The Morgan fingerprint density at radius 2 is 1.75 bits per heavy atom. The van der Waals surface area contributed by atoms with E-state index in [2.05, 4.69) is 4.72 Å². The molecule has 2 aromatic rings. The van der Waals surface area contributed by atoms with E-state index in [1.807, 2.05) is 31.2 Å². The van der Waals surface area contributed by atoms with E-state index in [1.54, 1.807) is 12.1 Å². The molecule has 0 aliphatic rings. The van der Waals surface area contributed by atoms with Crippen LogP contribution in [0.1, 0.15) is 5.56 Å². The zero-order chi connectivity index (χ0) is 14.8. The van der Waals surface area contributed by atoms with Gasteiger partial charge < -0.3 is 5.73 Å². The minimum absolute atomic E-state index is 0.212. The average Bonchev–Trinajstić information content (AvgIpc) is 2.43. The number of aryl methyl sites for hydroxylation is 1. The van der Waals surface area contributed by atoms with Crippen molar-refractivity contribution in [1.82, 2.24) is 4.72 Å². The number of nitrogens with one attached hydrogen (secondary N) is 1. The third-order valence-electron chi connectivity index (χ3n) is 2.81. The first-order chi connectivity index (χ1) is 9.42. The molecule has 20 heavy (non-hydrogen) atoms. The zero-order valence-electron chi connectivity index (χ0n) is 11.3. The summed E-state index contributed by atoms with van der Waals surface area (Å²) in [6.45, 7) is 2.02. The van der Waals surface area contributed by atoms with E-state index in [-0.39, 0.29) is 4.90 Å². The Labute approximate surface area is 123 Å². The van der Waals surface area contributed by atoms with Crippen molar-refractivity contribution in [2.75, 3.05) is 12.8 Å². The lowest BCUT2D eigenvalue weighted by Crippen LogP contribution is -2.18. The van der Waals surface area contributed by atoms with Gasteiger partial charge in [-0.05, 0) is 44.3 Å². The van der Waals surface area contributed by atoms with E-state index in [4.69, 9.17) is 5.73 Å². The summed E-state index contributed by atoms with van der Waals surface area (Å²) in [5.74, 6) is 0. The van der Waals surface area contributed by atoms with Gasteiger partial charge in [0.25, 0.3) is 0 Å². The molecule has 2 rings (SSSR count). The van der Waals surface area contributed by atoms with Crippen molar-refractivity contribution in [1.29, 1.82) is 0 Å². The summed E-state index contributed by atoms with van der Waals surface area (Å²) in [5.41, 5.74) is 7.65. The summed E-state index contributed by atoms with van der Waals surface area (Å²) in [7, 11) is -2.07. The Kier molecular flexibility index (Phi) is 4.37. The van der Waals surface area contributed by atoms with Gasteiger partial charge in [0.1, 0.15) is 0 Å². The summed E-state index contributed by atoms with van der Waals surface area (Å²) < 4.78 is 25.9. The van der Waals surface area contributed by atoms with Crippen LogP contribution in [0.15, 0.2) is 57.2 Å². The normalized spacial score (nSPS) is 11.5. The first-order valence-electron chi connectivity index (χ1n) is 6.00. The Morgan fingerprint density at radius 1 is 1.10 bits per heavy atom. The van der Waals surface area contributed by atoms with Crippen LogP contribution in [-0.4, -0.2) is 15.5 Å². The van der Waals surface area contributed by atoms with Crippen LogP contribution in [0.4, 0.5) is 5.69 Å². The van der Waals surface area contributed by atoms with Gasteiger partial charge in [0.15, 0.2) is 0 Å². The summed E-state index contributed by atoms with van der Waals surface area (Å²) in [6, 6.07) is 12.7. The van der Waals surface area contributed by atoms with E-state index in [0.717, 1.165) is 9.79 Å². The predicted octanol–water partition coefficient (Wildman–Crippen LogP) is 2.64. The van der Waals surface area contributed by atoms with Crippen LogP contribution in [0.2, 0.25) is 0 Å². The molecule has 0 spiro atoms. The molecule has 0 aliphatic carbocycles. The molecule has 106 valence electrons. The van der Waals surface area contributed by atoms with E-state index >= 15 is 0 Å². The minimum Gasteiger partial charge on any atom is -0.398 e. The van der Waals surface area contributed by atoms with Crippen LogP contribution >= 0.6 is 11.8 Å². The highest BCUT2D eigenvalue weighted by atomic mass is 32.2. The molecular weight excluding hydrogens is 292 g/mol. The monoisotopic (exact) mass is 308 g/mol. The number of hydrogen-bond acceptors (Lipinski definition) is 4. The van der Waals surface area contributed by atoms with Gasteiger partial charge in [0.2, 0.25) is 10.0 Å². The van der Waals surface area contributed by atoms with Crippen molar-refractivity contribution in [3.05, 3.63) is 48.0 Å². The first-order valence-corrected chi connectivity index (χ1v) is 8.30. The van der Waals surface area contributed by atoms with Crippen LogP contribution in [0.25, 0.3) is 0 Å². The third kappa shape index (κ3) is 3.33. The molecule has 0 fully saturated rings. The highest BCUT2D eigenvalue weighted by molar-refractivity contribution is 7.99. The molecular formula is C14H16N2O2S2. The number of nitrogen functional groups attached to an aromatic ring is 1. The van der Waals surface area contributed by atoms with Gasteiger partial charge in [0, 0.05) is 15.5 Å². The number of hydrogen-bond donors (Lipinski definition) is 2. The quantitative estimate of drug-likeness (QED) is 0.852. The lowest BCUT2D eigenvalue weighted by Gasteiger charge is -2.09. The summed E-state index contributed by atoms with van der Waals surface area (Å²) in [4.78, 5) is 1.95. The van der Waals surface area contributed by atoms with Crippen molar-refractivity contribution in [2.24, 2.45) is 0 Å². The molecule has 6 heteroatoms. The average molecular weight is 308 g/mol. The van der Waals surface area contributed by atoms with Crippen LogP contribution in [0.5, 0.6) is 0 Å². The molecule has 0 saturated heterocycles. The molecule has 0 heterocycles. The topological polar surface area (TPSA) is 72.2 Å². The van der Waals surface area contributed by atoms with Crippen LogP contribution in [0.3, 0.4) is 0 Å². The SMILES string of the molecule is CNS(=O)(=O)c1ccc(N)c(Sc2ccc(C)cc2)c1. The van der Waals surface area contributed by atoms with Crippen molar-refractivity contribution >= 4 is 27.5 Å². The van der Waals surface area contributed by atoms with E-state index < -0.39 is 10.0 Å². The number of benzene rings is 2. The Bertz CT molecular complexity index is 710. The summed E-state index contributed by atoms with van der Waals surface area (Å²) >= 11 is 1.45. The van der Waals surface area contributed by atoms with Crippen molar-refractivity contribution < 1.29 is 8.42 Å². The fourth-order valence-corrected chi connectivity index (χ4v) is 3.35. The molecule has 0 aromatic heterocycles. The van der Waals surface area contributed by atoms with E-state index in [9.17, 15) is 8.42 Å². The number of sulfonamides is 1. The van der Waals surface area contributed by atoms with Crippen molar-refractivity contribution in [3.63, 3.8) is 0 Å². The fourth-order valence-electron chi connectivity index (χ4n) is 1.62. The molecule has 0 saturated carbocycles. The minimum atomic E-state index is -3.46. The van der Waals surface area contributed by atoms with Gasteiger partial charge in [-0.25, -0.2) is 13.1 Å². The van der Waals surface area contributed by atoms with Gasteiger partial charge in [-0.3, -0.25) is 0 Å². The molecule has 4 nitrogen and oxygen atoms in total. The highest BCUT2D eigenvalue weighted by Gasteiger charge is 2.13. The smallest absolute Gasteiger partial charge is 0.240 e. The van der Waals surface area contributed by atoms with Crippen LogP contribution in [-0.2, 0) is 10.0 Å². The van der Waals surface area contributed by atoms with Gasteiger partial charge in [-0.1, -0.05) is 29.5 Å². The van der Waals surface area contributed by atoms with Gasteiger partial charge in [-0.15, -0.1) is 0 Å². The molecule has 0 unspecified atom stereocenters. The number of rotatable bonds is 4. The third-order valence-corrected chi connectivity index (χ3v) is 5.31. The molecule has 0 radical (unpaired) electrons. The molecule has 0 aliphatic heterocycles. The first kappa shape index (κ1) is 14.9. The van der Waals surface area contributed by atoms with Gasteiger partial charge in [-0.2, -0.15) is 0 Å². The second-order valence-electron chi connectivity index (χ2n) is 4.32. The Hall–Kier alpha value is -1.50. The van der Waals surface area contributed by atoms with E-state index in [0.29, 0.717) is 5.69 Å². The molecule has 0 bridgehead atoms. The number of anilines is 1. The molecule has 0 amide bonds. The summed E-state index contributed by atoms with van der Waals surface area (Å²) in [5, 5.41) is 0. The maximum Gasteiger partial charge on any atom is 0.240 e. The van der Waals surface area contributed by atoms with Gasteiger partial charge in [0.05, 0.1) is 4.90 Å². The van der Waals surface area contributed by atoms with Crippen LogP contribution < -0.4 is 10.5 Å². The van der Waals surface area contributed by atoms with E-state index in [1.165, 1.54) is 30.4 Å².